The molecule has 6 nitrogen and oxygen atoms in total. The van der Waals surface area contributed by atoms with Gasteiger partial charge in [0.2, 0.25) is 0 Å². The summed E-state index contributed by atoms with van der Waals surface area (Å²) in [6.07, 6.45) is 1.99. The number of aryl methyl sites for hydroxylation is 1. The van der Waals surface area contributed by atoms with Crippen molar-refractivity contribution in [3.05, 3.63) is 48.0 Å². The molecule has 7 heteroatoms. The average Bonchev–Trinajstić information content (AvgIpc) is 3.39. The van der Waals surface area contributed by atoms with Gasteiger partial charge in [-0.3, -0.25) is 9.69 Å². The van der Waals surface area contributed by atoms with E-state index in [1.54, 1.807) is 4.90 Å². The Bertz CT molecular complexity index is 1010. The van der Waals surface area contributed by atoms with Gasteiger partial charge in [-0.15, -0.1) is 0 Å². The quantitative estimate of drug-likeness (QED) is 0.527. The van der Waals surface area contributed by atoms with E-state index in [4.69, 9.17) is 19.2 Å². The van der Waals surface area contributed by atoms with E-state index in [2.05, 4.69) is 0 Å². The zero-order valence-electron chi connectivity index (χ0n) is 17.3. The topological polar surface area (TPSA) is 60.9 Å². The molecule has 0 aliphatic carbocycles. The minimum absolute atomic E-state index is 0.0268. The highest BCUT2D eigenvalue weighted by atomic mass is 32.1. The van der Waals surface area contributed by atoms with Crippen molar-refractivity contribution in [1.29, 1.82) is 0 Å². The van der Waals surface area contributed by atoms with Gasteiger partial charge in [0.05, 0.1) is 29.5 Å². The Morgan fingerprint density at radius 3 is 2.87 bits per heavy atom. The summed E-state index contributed by atoms with van der Waals surface area (Å²) >= 11 is 1.48. The number of benzene rings is 2. The molecule has 1 saturated heterocycles. The van der Waals surface area contributed by atoms with E-state index in [-0.39, 0.29) is 18.6 Å². The maximum Gasteiger partial charge on any atom is 0.266 e. The maximum absolute atomic E-state index is 13.1. The van der Waals surface area contributed by atoms with Crippen LogP contribution in [-0.2, 0) is 9.53 Å². The summed E-state index contributed by atoms with van der Waals surface area (Å²) in [6.45, 7) is 5.74. The fraction of sp³-hybridized carbons (Fsp3) is 0.391. The van der Waals surface area contributed by atoms with Gasteiger partial charge in [-0.05, 0) is 62.6 Å². The highest BCUT2D eigenvalue weighted by molar-refractivity contribution is 7.22. The summed E-state index contributed by atoms with van der Waals surface area (Å²) in [7, 11) is 0. The Morgan fingerprint density at radius 2 is 2.10 bits per heavy atom. The normalized spacial score (nSPS) is 16.0. The van der Waals surface area contributed by atoms with E-state index in [1.807, 2.05) is 56.3 Å². The van der Waals surface area contributed by atoms with Gasteiger partial charge in [0.25, 0.3) is 5.91 Å². The fourth-order valence-corrected chi connectivity index (χ4v) is 4.49. The molecule has 30 heavy (non-hydrogen) atoms. The molecule has 0 spiro atoms. The van der Waals surface area contributed by atoms with E-state index in [9.17, 15) is 4.79 Å². The third-order valence-electron chi connectivity index (χ3n) is 4.95. The van der Waals surface area contributed by atoms with Crippen molar-refractivity contribution in [2.45, 2.75) is 32.8 Å². The van der Waals surface area contributed by atoms with Crippen LogP contribution in [0.15, 0.2) is 42.5 Å². The predicted molar refractivity (Wildman–Crippen MR) is 119 cm³/mol. The lowest BCUT2D eigenvalue weighted by Crippen LogP contribution is -2.40. The van der Waals surface area contributed by atoms with Crippen LogP contribution >= 0.6 is 11.3 Å². The van der Waals surface area contributed by atoms with Gasteiger partial charge in [-0.2, -0.15) is 0 Å². The van der Waals surface area contributed by atoms with Gasteiger partial charge < -0.3 is 14.2 Å². The second-order valence-corrected chi connectivity index (χ2v) is 8.31. The maximum atomic E-state index is 13.1. The van der Waals surface area contributed by atoms with Crippen molar-refractivity contribution in [2.75, 3.05) is 31.3 Å². The van der Waals surface area contributed by atoms with Crippen LogP contribution in [0, 0.1) is 6.92 Å². The third kappa shape index (κ3) is 4.91. The largest absolute Gasteiger partial charge is 0.494 e. The van der Waals surface area contributed by atoms with E-state index in [0.717, 1.165) is 41.0 Å². The number of amides is 1. The molecule has 1 aromatic heterocycles. The van der Waals surface area contributed by atoms with Crippen LogP contribution in [0.4, 0.5) is 5.13 Å². The number of anilines is 1. The predicted octanol–water partition coefficient (Wildman–Crippen LogP) is 4.59. The minimum Gasteiger partial charge on any atom is -0.494 e. The number of aromatic nitrogens is 1. The molecule has 0 N–H and O–H groups in total. The monoisotopic (exact) mass is 426 g/mol. The van der Waals surface area contributed by atoms with Crippen molar-refractivity contribution in [3.63, 3.8) is 0 Å². The molecule has 2 aromatic carbocycles. The lowest BCUT2D eigenvalue weighted by Gasteiger charge is -2.23. The number of fused-ring (bicyclic) bond motifs is 1. The minimum atomic E-state index is -0.129. The molecule has 1 aliphatic rings. The lowest BCUT2D eigenvalue weighted by molar-refractivity contribution is -0.120. The number of hydrogen-bond acceptors (Lipinski definition) is 6. The number of nitrogens with zero attached hydrogens (tertiary/aromatic N) is 2. The number of hydrogen-bond donors (Lipinski definition) is 0. The van der Waals surface area contributed by atoms with Crippen LogP contribution in [0.5, 0.6) is 11.5 Å². The Kier molecular flexibility index (Phi) is 6.50. The number of ether oxygens (including phenoxy) is 3. The van der Waals surface area contributed by atoms with Crippen LogP contribution in [-0.4, -0.2) is 43.4 Å². The van der Waals surface area contributed by atoms with Gasteiger partial charge in [0, 0.05) is 6.61 Å². The Labute approximate surface area is 180 Å². The Morgan fingerprint density at radius 1 is 1.23 bits per heavy atom. The average molecular weight is 427 g/mol. The number of thiazole rings is 1. The molecular weight excluding hydrogens is 400 g/mol. The summed E-state index contributed by atoms with van der Waals surface area (Å²) in [5, 5.41) is 0.659. The van der Waals surface area contributed by atoms with Crippen LogP contribution in [0.3, 0.4) is 0 Å². The van der Waals surface area contributed by atoms with E-state index in [0.29, 0.717) is 24.0 Å². The van der Waals surface area contributed by atoms with Crippen LogP contribution in [0.25, 0.3) is 10.2 Å². The first-order valence-electron chi connectivity index (χ1n) is 10.3. The van der Waals surface area contributed by atoms with Gasteiger partial charge in [0.1, 0.15) is 11.5 Å². The summed E-state index contributed by atoms with van der Waals surface area (Å²) in [5.41, 5.74) is 1.94. The van der Waals surface area contributed by atoms with Crippen molar-refractivity contribution in [1.82, 2.24) is 4.98 Å². The molecule has 0 bridgehead atoms. The van der Waals surface area contributed by atoms with Crippen molar-refractivity contribution < 1.29 is 19.0 Å². The molecule has 1 amide bonds. The van der Waals surface area contributed by atoms with E-state index in [1.165, 1.54) is 11.3 Å². The van der Waals surface area contributed by atoms with Gasteiger partial charge in [-0.25, -0.2) is 4.98 Å². The van der Waals surface area contributed by atoms with E-state index >= 15 is 0 Å². The zero-order chi connectivity index (χ0) is 20.9. The second-order valence-electron chi connectivity index (χ2n) is 7.30. The van der Waals surface area contributed by atoms with E-state index < -0.39 is 0 Å². The van der Waals surface area contributed by atoms with Crippen LogP contribution in [0.2, 0.25) is 0 Å². The summed E-state index contributed by atoms with van der Waals surface area (Å²) in [5.74, 6) is 1.36. The standard InChI is InChI=1S/C23H26N2O4S/c1-3-27-18-9-10-20-21(13-18)30-23(24-20)25(14-19-8-5-11-28-19)22(26)15-29-17-7-4-6-16(2)12-17/h4,6-7,9-10,12-13,19H,3,5,8,11,14-15H2,1-2H3. The molecule has 0 radical (unpaired) electrons. The third-order valence-corrected chi connectivity index (χ3v) is 5.99. The van der Waals surface area contributed by atoms with Crippen molar-refractivity contribution in [2.24, 2.45) is 0 Å². The molecule has 0 saturated carbocycles. The van der Waals surface area contributed by atoms with Crippen molar-refractivity contribution >= 4 is 32.6 Å². The van der Waals surface area contributed by atoms with Gasteiger partial charge in [-0.1, -0.05) is 23.5 Å². The molecule has 2 heterocycles. The molecule has 158 valence electrons. The number of rotatable bonds is 8. The second kappa shape index (κ2) is 9.45. The molecule has 1 fully saturated rings. The van der Waals surface area contributed by atoms with Crippen LogP contribution in [0.1, 0.15) is 25.3 Å². The number of carbonyl (C=O) groups is 1. The highest BCUT2D eigenvalue weighted by Gasteiger charge is 2.26. The first-order chi connectivity index (χ1) is 14.6. The van der Waals surface area contributed by atoms with Gasteiger partial charge >= 0.3 is 0 Å². The lowest BCUT2D eigenvalue weighted by atomic mass is 10.2. The SMILES string of the molecule is CCOc1ccc2nc(N(CC3CCCO3)C(=O)COc3cccc(C)c3)sc2c1. The molecule has 1 aliphatic heterocycles. The first-order valence-corrected chi connectivity index (χ1v) is 11.1. The smallest absolute Gasteiger partial charge is 0.266 e. The number of carbonyl (C=O) groups excluding carboxylic acids is 1. The Hall–Kier alpha value is -2.64. The highest BCUT2D eigenvalue weighted by Crippen LogP contribution is 2.32. The van der Waals surface area contributed by atoms with Gasteiger partial charge in [0.15, 0.2) is 11.7 Å². The fourth-order valence-electron chi connectivity index (χ4n) is 3.47. The molecular formula is C23H26N2O4S. The van der Waals surface area contributed by atoms with Crippen molar-refractivity contribution in [3.8, 4) is 11.5 Å². The molecule has 3 aromatic rings. The Balaban J connectivity index is 1.55. The zero-order valence-corrected chi connectivity index (χ0v) is 18.1. The van der Waals surface area contributed by atoms with Crippen LogP contribution < -0.4 is 14.4 Å². The first kappa shape index (κ1) is 20.6. The summed E-state index contributed by atoms with van der Waals surface area (Å²) in [6, 6.07) is 13.5. The molecule has 1 atom stereocenters. The summed E-state index contributed by atoms with van der Waals surface area (Å²) in [4.78, 5) is 19.5. The summed E-state index contributed by atoms with van der Waals surface area (Å²) < 4.78 is 18.1. The molecule has 4 rings (SSSR count). The molecule has 1 unspecified atom stereocenters.